The summed E-state index contributed by atoms with van der Waals surface area (Å²) >= 11 is 0. The number of rotatable bonds is 6. The zero-order valence-corrected chi connectivity index (χ0v) is 19.9. The van der Waals surface area contributed by atoms with Crippen LogP contribution >= 0.6 is 0 Å². The molecule has 0 aliphatic carbocycles. The van der Waals surface area contributed by atoms with Crippen LogP contribution in [0.25, 0.3) is 16.5 Å². The van der Waals surface area contributed by atoms with Gasteiger partial charge in [0.1, 0.15) is 11.5 Å². The summed E-state index contributed by atoms with van der Waals surface area (Å²) in [6.45, 7) is 7.96. The summed E-state index contributed by atoms with van der Waals surface area (Å²) in [6.07, 6.45) is 2.80. The average molecular weight is 452 g/mol. The number of anilines is 1. The molecule has 176 valence electrons. The SMILES string of the molecule is COc1ccc2c(=O)n(-c3ccc(N4CCCN(CC(C)(C)O)CC4)c(OC)c3)ccc2c1. The molecule has 3 aromatic rings. The minimum Gasteiger partial charge on any atom is -0.497 e. The average Bonchev–Trinajstić information content (AvgIpc) is 3.02. The lowest BCUT2D eigenvalue weighted by Crippen LogP contribution is -2.40. The van der Waals surface area contributed by atoms with Crippen LogP contribution in [-0.2, 0) is 0 Å². The van der Waals surface area contributed by atoms with Gasteiger partial charge in [0.05, 0.1) is 31.2 Å². The second-order valence-corrected chi connectivity index (χ2v) is 9.23. The van der Waals surface area contributed by atoms with Crippen molar-refractivity contribution in [2.75, 3.05) is 51.8 Å². The fourth-order valence-electron chi connectivity index (χ4n) is 4.55. The number of nitrogens with zero attached hydrogens (tertiary/aromatic N) is 3. The molecule has 1 aromatic heterocycles. The van der Waals surface area contributed by atoms with E-state index in [2.05, 4.69) is 9.80 Å². The number of methoxy groups -OCH3 is 2. The van der Waals surface area contributed by atoms with E-state index in [-0.39, 0.29) is 5.56 Å². The summed E-state index contributed by atoms with van der Waals surface area (Å²) in [5, 5.41) is 11.7. The molecule has 1 fully saturated rings. The minimum absolute atomic E-state index is 0.0815. The highest BCUT2D eigenvalue weighted by molar-refractivity contribution is 5.83. The third-order valence-corrected chi connectivity index (χ3v) is 6.09. The Morgan fingerprint density at radius 1 is 0.970 bits per heavy atom. The highest BCUT2D eigenvalue weighted by atomic mass is 16.5. The maximum absolute atomic E-state index is 13.2. The van der Waals surface area contributed by atoms with Gasteiger partial charge in [0.2, 0.25) is 0 Å². The van der Waals surface area contributed by atoms with Crippen LogP contribution in [0, 0.1) is 0 Å². The van der Waals surface area contributed by atoms with Crippen LogP contribution in [0.5, 0.6) is 11.5 Å². The zero-order chi connectivity index (χ0) is 23.6. The Balaban J connectivity index is 1.61. The summed E-state index contributed by atoms with van der Waals surface area (Å²) in [4.78, 5) is 17.8. The summed E-state index contributed by atoms with van der Waals surface area (Å²) in [5.41, 5.74) is 0.996. The number of β-amino-alcohol motifs (C(OH)–C–C–N with tert-alkyl or cyclic N) is 1. The lowest BCUT2D eigenvalue weighted by molar-refractivity contribution is 0.0385. The van der Waals surface area contributed by atoms with E-state index in [0.29, 0.717) is 11.9 Å². The Kier molecular flexibility index (Phi) is 6.63. The first-order chi connectivity index (χ1) is 15.8. The van der Waals surface area contributed by atoms with Crippen molar-refractivity contribution in [1.82, 2.24) is 9.47 Å². The smallest absolute Gasteiger partial charge is 0.262 e. The molecule has 7 nitrogen and oxygen atoms in total. The van der Waals surface area contributed by atoms with E-state index in [1.807, 2.05) is 44.2 Å². The van der Waals surface area contributed by atoms with Gasteiger partial charge in [0, 0.05) is 50.4 Å². The second kappa shape index (κ2) is 9.45. The molecule has 1 N–H and O–H groups in total. The number of fused-ring (bicyclic) bond motifs is 1. The molecule has 0 unspecified atom stereocenters. The highest BCUT2D eigenvalue weighted by Crippen LogP contribution is 2.31. The zero-order valence-electron chi connectivity index (χ0n) is 19.9. The topological polar surface area (TPSA) is 67.2 Å². The molecule has 2 aromatic carbocycles. The molecule has 4 rings (SSSR count). The summed E-state index contributed by atoms with van der Waals surface area (Å²) in [5.74, 6) is 1.47. The van der Waals surface area contributed by atoms with Gasteiger partial charge in [-0.2, -0.15) is 0 Å². The van der Waals surface area contributed by atoms with Crippen molar-refractivity contribution in [3.63, 3.8) is 0 Å². The van der Waals surface area contributed by atoms with Crippen molar-refractivity contribution < 1.29 is 14.6 Å². The van der Waals surface area contributed by atoms with Crippen molar-refractivity contribution in [2.24, 2.45) is 0 Å². The minimum atomic E-state index is -0.702. The molecule has 0 spiro atoms. The van der Waals surface area contributed by atoms with Gasteiger partial charge in [-0.05, 0) is 62.1 Å². The van der Waals surface area contributed by atoms with Crippen LogP contribution in [0.15, 0.2) is 53.5 Å². The summed E-state index contributed by atoms with van der Waals surface area (Å²) < 4.78 is 12.7. The Labute approximate surface area is 194 Å². The molecule has 0 radical (unpaired) electrons. The van der Waals surface area contributed by atoms with Crippen molar-refractivity contribution in [3.8, 4) is 17.2 Å². The number of pyridine rings is 1. The fourth-order valence-corrected chi connectivity index (χ4v) is 4.55. The molecule has 33 heavy (non-hydrogen) atoms. The van der Waals surface area contributed by atoms with E-state index >= 15 is 0 Å². The van der Waals surface area contributed by atoms with Crippen LogP contribution in [0.1, 0.15) is 20.3 Å². The van der Waals surface area contributed by atoms with Crippen LogP contribution < -0.4 is 19.9 Å². The maximum Gasteiger partial charge on any atom is 0.262 e. The predicted octanol–water partition coefficient (Wildman–Crippen LogP) is 3.29. The van der Waals surface area contributed by atoms with E-state index in [1.54, 1.807) is 37.1 Å². The van der Waals surface area contributed by atoms with Gasteiger partial charge in [-0.25, -0.2) is 0 Å². The standard InChI is InChI=1S/C26H33N3O4/c1-26(2,31)18-27-11-5-12-28(15-14-27)23-9-6-20(17-24(23)33-4)29-13-10-19-16-21(32-3)7-8-22(19)25(29)30/h6-10,13,16-17,31H,5,11-12,14-15,18H2,1-4H3. The number of benzene rings is 2. The number of aromatic nitrogens is 1. The third-order valence-electron chi connectivity index (χ3n) is 6.09. The molecule has 7 heteroatoms. The van der Waals surface area contributed by atoms with Gasteiger partial charge in [0.15, 0.2) is 0 Å². The number of hydrogen-bond donors (Lipinski definition) is 1. The van der Waals surface area contributed by atoms with E-state index < -0.39 is 5.60 Å². The first kappa shape index (κ1) is 23.1. The molecule has 0 saturated carbocycles. The lowest BCUT2D eigenvalue weighted by atomic mass is 10.1. The van der Waals surface area contributed by atoms with Crippen LogP contribution in [0.4, 0.5) is 5.69 Å². The van der Waals surface area contributed by atoms with Gasteiger partial charge >= 0.3 is 0 Å². The van der Waals surface area contributed by atoms with Crippen molar-refractivity contribution in [3.05, 3.63) is 59.0 Å². The Hall–Kier alpha value is -3.03. The molecular formula is C26H33N3O4. The van der Waals surface area contributed by atoms with Crippen molar-refractivity contribution >= 4 is 16.5 Å². The van der Waals surface area contributed by atoms with Gasteiger partial charge in [-0.1, -0.05) is 0 Å². The second-order valence-electron chi connectivity index (χ2n) is 9.23. The quantitative estimate of drug-likeness (QED) is 0.620. The molecule has 2 heterocycles. The highest BCUT2D eigenvalue weighted by Gasteiger charge is 2.23. The maximum atomic E-state index is 13.2. The van der Waals surface area contributed by atoms with Crippen molar-refractivity contribution in [2.45, 2.75) is 25.9 Å². The third kappa shape index (κ3) is 5.15. The summed E-state index contributed by atoms with van der Waals surface area (Å²) in [7, 11) is 3.28. The van der Waals surface area contributed by atoms with E-state index in [4.69, 9.17) is 9.47 Å². The van der Waals surface area contributed by atoms with Gasteiger partial charge < -0.3 is 19.5 Å². The molecular weight excluding hydrogens is 418 g/mol. The van der Waals surface area contributed by atoms with Crippen LogP contribution in [0.2, 0.25) is 0 Å². The molecule has 1 saturated heterocycles. The molecule has 1 aliphatic heterocycles. The Bertz CT molecular complexity index is 1180. The molecule has 0 bridgehead atoms. The lowest BCUT2D eigenvalue weighted by Gasteiger charge is -2.28. The van der Waals surface area contributed by atoms with Gasteiger partial charge in [-0.15, -0.1) is 0 Å². The van der Waals surface area contributed by atoms with Crippen molar-refractivity contribution in [1.29, 1.82) is 0 Å². The number of aliphatic hydroxyl groups is 1. The number of hydrogen-bond acceptors (Lipinski definition) is 6. The Morgan fingerprint density at radius 3 is 2.52 bits per heavy atom. The normalized spacial score (nSPS) is 15.5. The van der Waals surface area contributed by atoms with Gasteiger partial charge in [0.25, 0.3) is 5.56 Å². The summed E-state index contributed by atoms with van der Waals surface area (Å²) in [6, 6.07) is 13.3. The molecule has 0 atom stereocenters. The first-order valence-corrected chi connectivity index (χ1v) is 11.4. The monoisotopic (exact) mass is 451 g/mol. The first-order valence-electron chi connectivity index (χ1n) is 11.4. The molecule has 0 amide bonds. The number of ether oxygens (including phenoxy) is 2. The van der Waals surface area contributed by atoms with Gasteiger partial charge in [-0.3, -0.25) is 14.3 Å². The predicted molar refractivity (Wildman–Crippen MR) is 132 cm³/mol. The van der Waals surface area contributed by atoms with E-state index in [0.717, 1.165) is 60.9 Å². The fraction of sp³-hybridized carbons (Fsp3) is 0.423. The van der Waals surface area contributed by atoms with E-state index in [9.17, 15) is 9.90 Å². The van der Waals surface area contributed by atoms with Crippen LogP contribution in [-0.4, -0.2) is 67.1 Å². The van der Waals surface area contributed by atoms with E-state index in [1.165, 1.54) is 0 Å². The largest absolute Gasteiger partial charge is 0.497 e. The van der Waals surface area contributed by atoms with Crippen LogP contribution in [0.3, 0.4) is 0 Å². The molecule has 1 aliphatic rings. The Morgan fingerprint density at radius 2 is 1.79 bits per heavy atom.